The standard InChI is InChI=1S/C18H28O3/c1-3-8-17(19)10-7-5-4-6-9-15-11-13-16(14-12-15)18(20)21-2/h11-14,17,19H,3-10H2,1-2H3. The molecule has 0 saturated heterocycles. The maximum Gasteiger partial charge on any atom is 0.337 e. The number of ether oxygens (including phenoxy) is 1. The number of aliphatic hydroxyl groups excluding tert-OH is 1. The molecule has 0 aromatic heterocycles. The van der Waals surface area contributed by atoms with Gasteiger partial charge >= 0.3 is 5.97 Å². The van der Waals surface area contributed by atoms with E-state index in [4.69, 9.17) is 0 Å². The molecule has 3 nitrogen and oxygen atoms in total. The summed E-state index contributed by atoms with van der Waals surface area (Å²) >= 11 is 0. The van der Waals surface area contributed by atoms with E-state index in [0.29, 0.717) is 5.56 Å². The summed E-state index contributed by atoms with van der Waals surface area (Å²) < 4.78 is 4.68. The molecular formula is C18H28O3. The number of methoxy groups -OCH3 is 1. The number of hydrogen-bond acceptors (Lipinski definition) is 3. The van der Waals surface area contributed by atoms with Crippen molar-refractivity contribution in [2.24, 2.45) is 0 Å². The maximum absolute atomic E-state index is 11.3. The molecule has 0 bridgehead atoms. The smallest absolute Gasteiger partial charge is 0.337 e. The summed E-state index contributed by atoms with van der Waals surface area (Å²) in [7, 11) is 1.40. The molecule has 0 aliphatic carbocycles. The molecule has 1 aromatic rings. The molecule has 1 atom stereocenters. The van der Waals surface area contributed by atoms with Gasteiger partial charge in [0.05, 0.1) is 18.8 Å². The largest absolute Gasteiger partial charge is 0.465 e. The fourth-order valence-electron chi connectivity index (χ4n) is 2.47. The van der Waals surface area contributed by atoms with Crippen LogP contribution >= 0.6 is 0 Å². The fourth-order valence-corrected chi connectivity index (χ4v) is 2.47. The summed E-state index contributed by atoms with van der Waals surface area (Å²) in [6.45, 7) is 2.11. The summed E-state index contributed by atoms with van der Waals surface area (Å²) in [5.74, 6) is -0.285. The Bertz CT molecular complexity index is 397. The van der Waals surface area contributed by atoms with Gasteiger partial charge in [0.1, 0.15) is 0 Å². The Morgan fingerprint density at radius 1 is 1.10 bits per heavy atom. The molecule has 0 heterocycles. The zero-order valence-electron chi connectivity index (χ0n) is 13.3. The first-order chi connectivity index (χ1) is 10.2. The van der Waals surface area contributed by atoms with E-state index in [2.05, 4.69) is 11.7 Å². The number of aliphatic hydroxyl groups is 1. The predicted molar refractivity (Wildman–Crippen MR) is 85.5 cm³/mol. The Labute approximate surface area is 128 Å². The Hall–Kier alpha value is -1.35. The van der Waals surface area contributed by atoms with Crippen LogP contribution in [0.1, 0.15) is 67.8 Å². The molecule has 0 aliphatic heterocycles. The van der Waals surface area contributed by atoms with E-state index in [9.17, 15) is 9.90 Å². The van der Waals surface area contributed by atoms with Crippen molar-refractivity contribution >= 4 is 5.97 Å². The molecule has 1 unspecified atom stereocenters. The van der Waals surface area contributed by atoms with Gasteiger partial charge in [0, 0.05) is 0 Å². The molecular weight excluding hydrogens is 264 g/mol. The number of hydrogen-bond donors (Lipinski definition) is 1. The average Bonchev–Trinajstić information content (AvgIpc) is 2.51. The van der Waals surface area contributed by atoms with E-state index >= 15 is 0 Å². The average molecular weight is 292 g/mol. The van der Waals surface area contributed by atoms with Gasteiger partial charge in [-0.25, -0.2) is 4.79 Å². The van der Waals surface area contributed by atoms with Gasteiger partial charge < -0.3 is 9.84 Å². The minimum atomic E-state index is -0.285. The number of rotatable bonds is 10. The quantitative estimate of drug-likeness (QED) is 0.521. The van der Waals surface area contributed by atoms with E-state index < -0.39 is 0 Å². The molecule has 1 rings (SSSR count). The van der Waals surface area contributed by atoms with Crippen molar-refractivity contribution < 1.29 is 14.6 Å². The third-order valence-electron chi connectivity index (χ3n) is 3.75. The molecule has 0 fully saturated rings. The number of esters is 1. The van der Waals surface area contributed by atoms with Gasteiger partial charge in [-0.3, -0.25) is 0 Å². The number of carbonyl (C=O) groups excluding carboxylic acids is 1. The normalized spacial score (nSPS) is 12.1. The third kappa shape index (κ3) is 7.28. The number of unbranched alkanes of at least 4 members (excludes halogenated alkanes) is 3. The first-order valence-electron chi connectivity index (χ1n) is 8.02. The van der Waals surface area contributed by atoms with E-state index in [-0.39, 0.29) is 12.1 Å². The zero-order chi connectivity index (χ0) is 15.5. The topological polar surface area (TPSA) is 46.5 Å². The molecule has 0 amide bonds. The molecule has 21 heavy (non-hydrogen) atoms. The van der Waals surface area contributed by atoms with Crippen LogP contribution in [0.15, 0.2) is 24.3 Å². The summed E-state index contributed by atoms with van der Waals surface area (Å²) in [5, 5.41) is 9.64. The summed E-state index contributed by atoms with van der Waals surface area (Å²) in [4.78, 5) is 11.3. The second-order valence-corrected chi connectivity index (χ2v) is 5.58. The van der Waals surface area contributed by atoms with Gasteiger partial charge in [-0.15, -0.1) is 0 Å². The number of benzene rings is 1. The van der Waals surface area contributed by atoms with Gasteiger partial charge in [0.25, 0.3) is 0 Å². The molecule has 0 aliphatic rings. The number of carbonyl (C=O) groups is 1. The molecule has 1 aromatic carbocycles. The minimum Gasteiger partial charge on any atom is -0.465 e. The van der Waals surface area contributed by atoms with Crippen molar-refractivity contribution in [3.05, 3.63) is 35.4 Å². The predicted octanol–water partition coefficient (Wildman–Crippen LogP) is 4.13. The number of aryl methyl sites for hydroxylation is 1. The first-order valence-corrected chi connectivity index (χ1v) is 8.02. The second kappa shape index (κ2) is 10.4. The monoisotopic (exact) mass is 292 g/mol. The van der Waals surface area contributed by atoms with Gasteiger partial charge in [0.2, 0.25) is 0 Å². The van der Waals surface area contributed by atoms with Crippen molar-refractivity contribution in [2.75, 3.05) is 7.11 Å². The molecule has 118 valence electrons. The fraction of sp³-hybridized carbons (Fsp3) is 0.611. The maximum atomic E-state index is 11.3. The zero-order valence-corrected chi connectivity index (χ0v) is 13.3. The van der Waals surface area contributed by atoms with Crippen molar-refractivity contribution in [3.8, 4) is 0 Å². The van der Waals surface area contributed by atoms with Gasteiger partial charge in [-0.2, -0.15) is 0 Å². The van der Waals surface area contributed by atoms with Crippen molar-refractivity contribution in [3.63, 3.8) is 0 Å². The van der Waals surface area contributed by atoms with E-state index in [1.54, 1.807) is 0 Å². The van der Waals surface area contributed by atoms with Crippen LogP contribution in [0.5, 0.6) is 0 Å². The lowest BCUT2D eigenvalue weighted by atomic mass is 10.0. The minimum absolute atomic E-state index is 0.110. The van der Waals surface area contributed by atoms with E-state index in [1.807, 2.05) is 24.3 Å². The van der Waals surface area contributed by atoms with Crippen LogP contribution in [-0.2, 0) is 11.2 Å². The summed E-state index contributed by atoms with van der Waals surface area (Å²) in [6.07, 6.45) is 8.49. The third-order valence-corrected chi connectivity index (χ3v) is 3.75. The summed E-state index contributed by atoms with van der Waals surface area (Å²) in [5.41, 5.74) is 1.86. The molecule has 0 radical (unpaired) electrons. The van der Waals surface area contributed by atoms with Crippen LogP contribution in [0.2, 0.25) is 0 Å². The lowest BCUT2D eigenvalue weighted by molar-refractivity contribution is 0.0600. The Morgan fingerprint density at radius 2 is 1.76 bits per heavy atom. The lowest BCUT2D eigenvalue weighted by Crippen LogP contribution is -2.05. The highest BCUT2D eigenvalue weighted by molar-refractivity contribution is 5.89. The Balaban J connectivity index is 2.14. The SMILES string of the molecule is CCCC(O)CCCCCCc1ccc(C(=O)OC)cc1. The highest BCUT2D eigenvalue weighted by Gasteiger charge is 2.04. The molecule has 0 saturated carbocycles. The van der Waals surface area contributed by atoms with E-state index in [1.165, 1.54) is 25.5 Å². The molecule has 1 N–H and O–H groups in total. The Kier molecular flexibility index (Phi) is 8.76. The molecule has 0 spiro atoms. The van der Waals surface area contributed by atoms with Crippen LogP contribution in [0.25, 0.3) is 0 Å². The highest BCUT2D eigenvalue weighted by atomic mass is 16.5. The van der Waals surface area contributed by atoms with Gasteiger partial charge in [-0.05, 0) is 43.4 Å². The van der Waals surface area contributed by atoms with E-state index in [0.717, 1.165) is 38.5 Å². The van der Waals surface area contributed by atoms with Gasteiger partial charge in [-0.1, -0.05) is 44.7 Å². The van der Waals surface area contributed by atoms with Crippen LogP contribution in [0, 0.1) is 0 Å². The van der Waals surface area contributed by atoms with Gasteiger partial charge in [0.15, 0.2) is 0 Å². The van der Waals surface area contributed by atoms with Crippen LogP contribution < -0.4 is 0 Å². The first kappa shape index (κ1) is 17.7. The van der Waals surface area contributed by atoms with Crippen molar-refractivity contribution in [2.45, 2.75) is 64.4 Å². The Morgan fingerprint density at radius 3 is 2.38 bits per heavy atom. The van der Waals surface area contributed by atoms with Crippen molar-refractivity contribution in [1.29, 1.82) is 0 Å². The lowest BCUT2D eigenvalue weighted by Gasteiger charge is -2.08. The van der Waals surface area contributed by atoms with Crippen LogP contribution in [-0.4, -0.2) is 24.3 Å². The summed E-state index contributed by atoms with van der Waals surface area (Å²) in [6, 6.07) is 7.64. The van der Waals surface area contributed by atoms with Crippen LogP contribution in [0.3, 0.4) is 0 Å². The van der Waals surface area contributed by atoms with Crippen molar-refractivity contribution in [1.82, 2.24) is 0 Å². The second-order valence-electron chi connectivity index (χ2n) is 5.58. The molecule has 3 heteroatoms. The van der Waals surface area contributed by atoms with Crippen LogP contribution in [0.4, 0.5) is 0 Å². The highest BCUT2D eigenvalue weighted by Crippen LogP contribution is 2.13.